The second-order valence-electron chi connectivity index (χ2n) is 34.0. The molecule has 8 aliphatic heterocycles. The van der Waals surface area contributed by atoms with Gasteiger partial charge in [0.15, 0.2) is 23.3 Å². The van der Waals surface area contributed by atoms with Crippen molar-refractivity contribution in [2.75, 3.05) is 153 Å². The number of rotatable bonds is 25. The molecular formula is C99H107ClFN23O15. The highest BCUT2D eigenvalue weighted by Crippen LogP contribution is 2.46. The van der Waals surface area contributed by atoms with Crippen LogP contribution in [-0.4, -0.2) is 189 Å². The van der Waals surface area contributed by atoms with E-state index in [4.69, 9.17) is 50.0 Å². The van der Waals surface area contributed by atoms with E-state index in [9.17, 15) is 39.5 Å². The monoisotopic (exact) mass is 1910 g/mol. The van der Waals surface area contributed by atoms with Gasteiger partial charge in [0.25, 0.3) is 11.4 Å². The van der Waals surface area contributed by atoms with Crippen LogP contribution in [0.25, 0.3) is 0 Å². The molecule has 5 atom stereocenters. The second kappa shape index (κ2) is 46.1. The van der Waals surface area contributed by atoms with Crippen molar-refractivity contribution in [1.82, 2.24) is 55.2 Å². The summed E-state index contributed by atoms with van der Waals surface area (Å²) in [5, 5.41) is 52.1. The van der Waals surface area contributed by atoms with Gasteiger partial charge in [-0.3, -0.25) is 64.3 Å². The number of methoxy groups -OCH3 is 3. The van der Waals surface area contributed by atoms with E-state index in [2.05, 4.69) is 137 Å². The molecule has 4 aromatic heterocycles. The van der Waals surface area contributed by atoms with E-state index < -0.39 is 21.4 Å². The van der Waals surface area contributed by atoms with Crippen LogP contribution in [0.1, 0.15) is 129 Å². The van der Waals surface area contributed by atoms with Crippen LogP contribution >= 0.6 is 11.6 Å². The van der Waals surface area contributed by atoms with Crippen molar-refractivity contribution in [1.29, 1.82) is 0 Å². The number of benzene rings is 8. The Morgan fingerprint density at radius 2 is 0.712 bits per heavy atom. The summed E-state index contributed by atoms with van der Waals surface area (Å²) in [7, 11) is 4.43. The molecule has 9 fully saturated rings. The van der Waals surface area contributed by atoms with Gasteiger partial charge in [0.05, 0.1) is 116 Å². The van der Waals surface area contributed by atoms with Crippen LogP contribution in [0.5, 0.6) is 17.2 Å². The minimum Gasteiger partial charge on any atom is -0.494 e. The number of ether oxygens (including phenoxy) is 3. The average Bonchev–Trinajstić information content (AvgIpc) is 1.43. The molecule has 21 rings (SSSR count). The Labute approximate surface area is 806 Å². The number of nitrogens with zero attached hydrogens (tertiary/aromatic N) is 19. The number of hydrogen-bond acceptors (Lipinski definition) is 35. The summed E-state index contributed by atoms with van der Waals surface area (Å²) in [6, 6.07) is 68.1. The number of nitrogens with one attached hydrogen (secondary N) is 4. The minimum absolute atomic E-state index is 0.00426. The zero-order valence-electron chi connectivity index (χ0n) is 76.9. The standard InChI is InChI=1S/C32H40N8O4.C25H26N6O5.C20H18FN5O4.C13H12ClN3O.C9H11NO/c1-43-30-20-28(38-12-9-25(10-13-38)37-16-14-36(15-17-37)24-7-8-24)29(40(41)42)19-26(30)35-31-21-32(34-22-33-31)39-27(11-18-44-39)23-5-3-2-4-6-23;1-35-23-14-21(29-10-7-18(32)8-11-29)22(31(33)34)13-19(23)28-24-15-25(27-16-26-24)30-20(9-12-36-30)17-5-3-2-4-6-17;1-29-18-9-14(21)17(26(27)28)10-15(18)24-19-11-20(23-12-22-19)25-16(7-8-30-25)13-5-3-2-4-6-13;14-12-8-13(16-9-15-12)17-11(6-7-18-17)10-4-2-1-3-5-10;1-2-4-8(5-3-1)9-6-7-11-10-9/h2-6,19-22,24-25,27H,7-18H2,1H3,(H,33,34,35);2-6,13-16,20H,7-12H2,1H3,(H,26,27,28);2-6,9-12,16H,7-8H2,1H3,(H,22,23,24);1-5,8-9,11H,6-7H2;1-5,9-10H,6-7H2/t27-;20-;16-;11-;9-/m11110/s1. The van der Waals surface area contributed by atoms with Crippen LogP contribution in [0.4, 0.5) is 90.6 Å². The first-order valence-corrected chi connectivity index (χ1v) is 46.7. The summed E-state index contributed by atoms with van der Waals surface area (Å²) in [5.74, 6) is 3.90. The third-order valence-electron chi connectivity index (χ3n) is 25.4. The maximum atomic E-state index is 13.9. The molecular weight excluding hydrogens is 1810 g/mol. The van der Waals surface area contributed by atoms with Crippen molar-refractivity contribution >= 4 is 104 Å². The zero-order chi connectivity index (χ0) is 96.1. The maximum absolute atomic E-state index is 13.9. The highest BCUT2D eigenvalue weighted by molar-refractivity contribution is 6.29. The van der Waals surface area contributed by atoms with Gasteiger partial charge in [0.1, 0.15) is 82.3 Å². The Kier molecular flexibility index (Phi) is 31.9. The first kappa shape index (κ1) is 96.1. The molecule has 9 aliphatic rings. The van der Waals surface area contributed by atoms with Crippen LogP contribution < -0.4 is 65.7 Å². The number of nitro groups is 3. The summed E-state index contributed by atoms with van der Waals surface area (Å²) in [5.41, 5.74) is 10.3. The molecule has 12 aromatic rings. The van der Waals surface area contributed by atoms with E-state index in [0.29, 0.717) is 145 Å². The summed E-state index contributed by atoms with van der Waals surface area (Å²) in [6.45, 7) is 10.2. The van der Waals surface area contributed by atoms with Crippen molar-refractivity contribution in [3.8, 4) is 17.2 Å². The predicted octanol–water partition coefficient (Wildman–Crippen LogP) is 17.8. The lowest BCUT2D eigenvalue weighted by atomic mass is 10.0. The van der Waals surface area contributed by atoms with Gasteiger partial charge in [-0.05, 0) is 59.9 Å². The first-order valence-electron chi connectivity index (χ1n) is 46.3. The number of aromatic nitrogens is 8. The topological polar surface area (TPSA) is 397 Å². The zero-order valence-corrected chi connectivity index (χ0v) is 77.7. The predicted molar refractivity (Wildman–Crippen MR) is 522 cm³/mol. The lowest BCUT2D eigenvalue weighted by molar-refractivity contribution is -0.387. The maximum Gasteiger partial charge on any atom is 0.307 e. The van der Waals surface area contributed by atoms with Gasteiger partial charge in [-0.15, -0.1) is 0 Å². The Balaban J connectivity index is 0.000000127. The van der Waals surface area contributed by atoms with Crippen LogP contribution in [0, 0.1) is 36.2 Å². The fourth-order valence-electron chi connectivity index (χ4n) is 18.2. The number of ketones is 1. The first-order chi connectivity index (χ1) is 68.0. The highest BCUT2D eigenvalue weighted by atomic mass is 35.5. The van der Waals surface area contributed by atoms with E-state index >= 15 is 0 Å². The lowest BCUT2D eigenvalue weighted by Crippen LogP contribution is -2.53. The van der Waals surface area contributed by atoms with Crippen LogP contribution in [0.3, 0.4) is 0 Å². The SMILES string of the molecule is COc1cc(F)c([N+](=O)[O-])cc1Nc1cc(N2OCC[C@@H]2c2ccccc2)ncn1.COc1cc(N2CCC(=O)CC2)c([N+](=O)[O-])cc1Nc1cc(N2OCC[C@@H]2c2ccccc2)ncn1.COc1cc(N2CCC(N3CCN(C4CC4)CC3)CC2)c([N+](=O)[O-])cc1Nc1cc(N2OCC[C@@H]2c2ccccc2)ncn1.Clc1cc(N2OCC[C@@H]2c2ccccc2)ncn1.c1ccc([C@@H]2CCON2)cc1. The summed E-state index contributed by atoms with van der Waals surface area (Å²) in [6.07, 6.45) is 15.6. The minimum atomic E-state index is -0.984. The Morgan fingerprint density at radius 3 is 1.05 bits per heavy atom. The van der Waals surface area contributed by atoms with Crippen molar-refractivity contribution < 1.29 is 62.4 Å². The molecule has 4 N–H and O–H groups in total. The smallest absolute Gasteiger partial charge is 0.307 e. The number of nitro benzene ring substituents is 3. The number of hydroxylamine groups is 5. The third kappa shape index (κ3) is 24.0. The second-order valence-corrected chi connectivity index (χ2v) is 34.4. The fraction of sp³-hybridized carbons (Fsp3) is 0.343. The number of Topliss-reactive ketones (excluding diaryl/α,β-unsaturated/α-hetero) is 1. The van der Waals surface area contributed by atoms with Crippen molar-refractivity contribution in [2.24, 2.45) is 0 Å². The van der Waals surface area contributed by atoms with Gasteiger partial charge in [0, 0.05) is 164 Å². The molecule has 1 aliphatic carbocycles. The number of hydrogen-bond donors (Lipinski definition) is 4. The molecule has 12 heterocycles. The summed E-state index contributed by atoms with van der Waals surface area (Å²) < 4.78 is 30.3. The molecule has 0 bridgehead atoms. The van der Waals surface area contributed by atoms with Gasteiger partial charge >= 0.3 is 5.69 Å². The van der Waals surface area contributed by atoms with E-state index in [-0.39, 0.29) is 57.7 Å². The molecule has 0 spiro atoms. The fourth-order valence-corrected chi connectivity index (χ4v) is 18.4. The molecule has 0 amide bonds. The molecule has 139 heavy (non-hydrogen) atoms. The molecule has 38 nitrogen and oxygen atoms in total. The molecule has 0 radical (unpaired) electrons. The van der Waals surface area contributed by atoms with Gasteiger partial charge in [-0.1, -0.05) is 163 Å². The number of anilines is 12. The van der Waals surface area contributed by atoms with Crippen LogP contribution in [0.15, 0.2) is 238 Å². The van der Waals surface area contributed by atoms with Gasteiger partial charge in [-0.2, -0.15) is 9.87 Å². The highest BCUT2D eigenvalue weighted by Gasteiger charge is 2.39. The normalized spacial score (nSPS) is 19.3. The van der Waals surface area contributed by atoms with Gasteiger partial charge in [-0.25, -0.2) is 60.1 Å². The number of piperazine rings is 1. The third-order valence-corrected chi connectivity index (χ3v) is 25.6. The van der Waals surface area contributed by atoms with E-state index in [1.165, 1.54) is 69.6 Å². The lowest BCUT2D eigenvalue weighted by Gasteiger charge is -2.43. The molecule has 8 saturated heterocycles. The average molecular weight is 1910 g/mol. The number of halogens is 2. The van der Waals surface area contributed by atoms with Crippen LogP contribution in [0.2, 0.25) is 5.15 Å². The number of carbonyl (C=O) groups is 1. The van der Waals surface area contributed by atoms with E-state index in [0.717, 1.165) is 126 Å². The Bertz CT molecular complexity index is 6150. The molecule has 40 heteroatoms. The molecule has 722 valence electrons. The largest absolute Gasteiger partial charge is 0.494 e. The number of piperidine rings is 2. The van der Waals surface area contributed by atoms with Crippen LogP contribution in [-0.2, 0) is 29.0 Å². The van der Waals surface area contributed by atoms with Gasteiger partial charge < -0.3 is 44.8 Å². The van der Waals surface area contributed by atoms with Gasteiger partial charge in [0.2, 0.25) is 5.82 Å². The van der Waals surface area contributed by atoms with Crippen molar-refractivity contribution in [3.05, 3.63) is 307 Å². The Morgan fingerprint density at radius 1 is 0.381 bits per heavy atom. The molecule has 1 saturated carbocycles. The van der Waals surface area contributed by atoms with E-state index in [1.807, 2.05) is 106 Å². The Hall–Kier alpha value is -14.6. The quantitative estimate of drug-likeness (QED) is 0.0234. The molecule has 8 aromatic carbocycles. The molecule has 0 unspecified atom stereocenters. The van der Waals surface area contributed by atoms with E-state index in [1.54, 1.807) is 59.7 Å². The number of carbonyl (C=O) groups excluding carboxylic acids is 1. The summed E-state index contributed by atoms with van der Waals surface area (Å²) in [4.78, 5) is 117. The van der Waals surface area contributed by atoms with Crippen molar-refractivity contribution in [3.63, 3.8) is 0 Å². The van der Waals surface area contributed by atoms with Crippen molar-refractivity contribution in [2.45, 2.75) is 113 Å². The summed E-state index contributed by atoms with van der Waals surface area (Å²) >= 11 is 5.88.